The number of rotatable bonds is 5. The minimum Gasteiger partial charge on any atom is -0.350 e. The highest BCUT2D eigenvalue weighted by atomic mass is 19.1. The van der Waals surface area contributed by atoms with Gasteiger partial charge in [-0.05, 0) is 18.9 Å². The molecule has 0 radical (unpaired) electrons. The predicted molar refractivity (Wildman–Crippen MR) is 77.8 cm³/mol. The second-order valence-electron chi connectivity index (χ2n) is 5.42. The van der Waals surface area contributed by atoms with Crippen LogP contribution in [0, 0.1) is 11.7 Å². The fraction of sp³-hybridized carbons (Fsp3) is 0.500. The molecule has 0 heterocycles. The number of carbonyl (C=O) groups excluding carboxylic acids is 2. The van der Waals surface area contributed by atoms with Gasteiger partial charge in [0, 0.05) is 18.0 Å². The number of nitrogens with one attached hydrogen (secondary N) is 2. The molecule has 0 bridgehead atoms. The lowest BCUT2D eigenvalue weighted by Crippen LogP contribution is -2.39. The van der Waals surface area contributed by atoms with Gasteiger partial charge in [0.1, 0.15) is 5.82 Å². The fourth-order valence-corrected chi connectivity index (χ4v) is 2.57. The Morgan fingerprint density at radius 2 is 1.81 bits per heavy atom. The monoisotopic (exact) mass is 292 g/mol. The van der Waals surface area contributed by atoms with E-state index in [0.29, 0.717) is 5.56 Å². The van der Waals surface area contributed by atoms with Gasteiger partial charge in [-0.25, -0.2) is 4.39 Å². The fourth-order valence-electron chi connectivity index (χ4n) is 2.57. The van der Waals surface area contributed by atoms with E-state index in [2.05, 4.69) is 10.6 Å². The number of halogens is 1. The molecule has 0 spiro atoms. The van der Waals surface area contributed by atoms with Crippen LogP contribution < -0.4 is 10.6 Å². The van der Waals surface area contributed by atoms with Crippen LogP contribution in [0.5, 0.6) is 0 Å². The van der Waals surface area contributed by atoms with Crippen molar-refractivity contribution in [2.24, 2.45) is 5.92 Å². The molecule has 0 unspecified atom stereocenters. The molecule has 1 aromatic rings. The SMILES string of the molecule is O=C(CNC(=O)C1CCCCC1)NCc1ccccc1F. The van der Waals surface area contributed by atoms with Gasteiger partial charge in [-0.3, -0.25) is 9.59 Å². The van der Waals surface area contributed by atoms with Gasteiger partial charge in [0.15, 0.2) is 0 Å². The lowest BCUT2D eigenvalue weighted by Gasteiger charge is -2.20. The molecule has 2 amide bonds. The van der Waals surface area contributed by atoms with Crippen LogP contribution in [0.2, 0.25) is 0 Å². The highest BCUT2D eigenvalue weighted by Gasteiger charge is 2.21. The molecule has 5 heteroatoms. The Morgan fingerprint density at radius 3 is 2.52 bits per heavy atom. The van der Waals surface area contributed by atoms with Gasteiger partial charge in [-0.2, -0.15) is 0 Å². The highest BCUT2D eigenvalue weighted by molar-refractivity contribution is 5.85. The number of amides is 2. The van der Waals surface area contributed by atoms with Crippen molar-refractivity contribution in [3.63, 3.8) is 0 Å². The molecule has 1 aliphatic rings. The smallest absolute Gasteiger partial charge is 0.239 e. The molecule has 1 aliphatic carbocycles. The molecule has 0 aromatic heterocycles. The van der Waals surface area contributed by atoms with E-state index in [9.17, 15) is 14.0 Å². The molecule has 4 nitrogen and oxygen atoms in total. The lowest BCUT2D eigenvalue weighted by molar-refractivity contribution is -0.129. The molecule has 0 aliphatic heterocycles. The Labute approximate surface area is 124 Å². The van der Waals surface area contributed by atoms with Crippen molar-refractivity contribution >= 4 is 11.8 Å². The summed E-state index contributed by atoms with van der Waals surface area (Å²) in [6, 6.07) is 6.29. The molecule has 2 N–H and O–H groups in total. The highest BCUT2D eigenvalue weighted by Crippen LogP contribution is 2.23. The third-order valence-corrected chi connectivity index (χ3v) is 3.83. The van der Waals surface area contributed by atoms with E-state index in [1.165, 1.54) is 12.5 Å². The topological polar surface area (TPSA) is 58.2 Å². The first-order valence-electron chi connectivity index (χ1n) is 7.44. The summed E-state index contributed by atoms with van der Waals surface area (Å²) in [6.07, 6.45) is 5.16. The molecule has 2 rings (SSSR count). The third kappa shape index (κ3) is 4.85. The van der Waals surface area contributed by atoms with E-state index in [1.54, 1.807) is 18.2 Å². The maximum absolute atomic E-state index is 13.4. The zero-order valence-electron chi connectivity index (χ0n) is 12.0. The summed E-state index contributed by atoms with van der Waals surface area (Å²) in [7, 11) is 0. The minimum atomic E-state index is -0.343. The summed E-state index contributed by atoms with van der Waals surface area (Å²) in [6.45, 7) is 0.0780. The Kier molecular flexibility index (Phi) is 5.72. The minimum absolute atomic E-state index is 0.0399. The molecule has 1 fully saturated rings. The summed E-state index contributed by atoms with van der Waals surface area (Å²) in [5.74, 6) is -0.652. The largest absolute Gasteiger partial charge is 0.350 e. The van der Waals surface area contributed by atoms with E-state index in [1.807, 2.05) is 0 Å². The molecule has 0 atom stereocenters. The number of hydrogen-bond donors (Lipinski definition) is 2. The maximum Gasteiger partial charge on any atom is 0.239 e. The van der Waals surface area contributed by atoms with Crippen LogP contribution in [-0.2, 0) is 16.1 Å². The van der Waals surface area contributed by atoms with Crippen molar-refractivity contribution in [3.05, 3.63) is 35.6 Å². The van der Waals surface area contributed by atoms with Crippen LogP contribution in [-0.4, -0.2) is 18.4 Å². The van der Waals surface area contributed by atoms with Gasteiger partial charge >= 0.3 is 0 Å². The average molecular weight is 292 g/mol. The van der Waals surface area contributed by atoms with Gasteiger partial charge in [0.05, 0.1) is 6.54 Å². The Bertz CT molecular complexity index is 499. The summed E-state index contributed by atoms with van der Waals surface area (Å²) >= 11 is 0. The quantitative estimate of drug-likeness (QED) is 0.873. The van der Waals surface area contributed by atoms with E-state index in [0.717, 1.165) is 25.7 Å². The van der Waals surface area contributed by atoms with E-state index < -0.39 is 0 Å². The zero-order chi connectivity index (χ0) is 15.1. The van der Waals surface area contributed by atoms with Gasteiger partial charge in [-0.15, -0.1) is 0 Å². The Balaban J connectivity index is 1.70. The van der Waals surface area contributed by atoms with E-state index in [-0.39, 0.29) is 36.6 Å². The zero-order valence-corrected chi connectivity index (χ0v) is 12.0. The number of carbonyl (C=O) groups is 2. The molecule has 114 valence electrons. The van der Waals surface area contributed by atoms with Crippen LogP contribution in [0.4, 0.5) is 4.39 Å². The number of benzene rings is 1. The standard InChI is InChI=1S/C16H21FN2O2/c17-14-9-5-4-8-13(14)10-18-15(20)11-19-16(21)12-6-2-1-3-7-12/h4-5,8-9,12H,1-3,6-7,10-11H2,(H,18,20)(H,19,21). The lowest BCUT2D eigenvalue weighted by atomic mass is 9.89. The number of hydrogen-bond acceptors (Lipinski definition) is 2. The van der Waals surface area contributed by atoms with Crippen LogP contribution in [0.3, 0.4) is 0 Å². The first-order valence-corrected chi connectivity index (χ1v) is 7.44. The first kappa shape index (κ1) is 15.5. The summed E-state index contributed by atoms with van der Waals surface area (Å²) in [4.78, 5) is 23.5. The maximum atomic E-state index is 13.4. The van der Waals surface area contributed by atoms with Crippen molar-refractivity contribution in [3.8, 4) is 0 Å². The van der Waals surface area contributed by atoms with Crippen molar-refractivity contribution in [2.45, 2.75) is 38.6 Å². The van der Waals surface area contributed by atoms with Crippen molar-refractivity contribution < 1.29 is 14.0 Å². The van der Waals surface area contributed by atoms with Gasteiger partial charge in [0.2, 0.25) is 11.8 Å². The van der Waals surface area contributed by atoms with E-state index >= 15 is 0 Å². The molecule has 21 heavy (non-hydrogen) atoms. The average Bonchev–Trinajstić information content (AvgIpc) is 2.52. The van der Waals surface area contributed by atoms with Crippen molar-refractivity contribution in [2.75, 3.05) is 6.54 Å². The summed E-state index contributed by atoms with van der Waals surface area (Å²) in [5, 5.41) is 5.26. The van der Waals surface area contributed by atoms with Crippen molar-refractivity contribution in [1.82, 2.24) is 10.6 Å². The van der Waals surface area contributed by atoms with Crippen LogP contribution >= 0.6 is 0 Å². The predicted octanol–water partition coefficient (Wildman–Crippen LogP) is 2.14. The first-order chi connectivity index (χ1) is 10.2. The molecule has 0 saturated heterocycles. The van der Waals surface area contributed by atoms with Gasteiger partial charge < -0.3 is 10.6 Å². The Morgan fingerprint density at radius 1 is 1.10 bits per heavy atom. The van der Waals surface area contributed by atoms with Gasteiger partial charge in [-0.1, -0.05) is 37.5 Å². The Hall–Kier alpha value is -1.91. The second kappa shape index (κ2) is 7.76. The van der Waals surface area contributed by atoms with E-state index in [4.69, 9.17) is 0 Å². The molecular formula is C16H21FN2O2. The normalized spacial score (nSPS) is 15.5. The summed E-state index contributed by atoms with van der Waals surface area (Å²) < 4.78 is 13.4. The summed E-state index contributed by atoms with van der Waals surface area (Å²) in [5.41, 5.74) is 0.435. The van der Waals surface area contributed by atoms with Crippen molar-refractivity contribution in [1.29, 1.82) is 0 Å². The van der Waals surface area contributed by atoms with Crippen LogP contribution in [0.1, 0.15) is 37.7 Å². The second-order valence-corrected chi connectivity index (χ2v) is 5.42. The van der Waals surface area contributed by atoms with Crippen LogP contribution in [0.25, 0.3) is 0 Å². The third-order valence-electron chi connectivity index (χ3n) is 3.83. The molecular weight excluding hydrogens is 271 g/mol. The van der Waals surface area contributed by atoms with Crippen LogP contribution in [0.15, 0.2) is 24.3 Å². The molecule has 1 aromatic carbocycles. The van der Waals surface area contributed by atoms with Gasteiger partial charge in [0.25, 0.3) is 0 Å². The molecule has 1 saturated carbocycles.